The number of nitrogens with zero attached hydrogens (tertiary/aromatic N) is 2. The highest BCUT2D eigenvalue weighted by Gasteiger charge is 2.50. The summed E-state index contributed by atoms with van der Waals surface area (Å²) in [7, 11) is 0. The minimum absolute atomic E-state index is 0.511. The summed E-state index contributed by atoms with van der Waals surface area (Å²) in [6, 6.07) is 0. The smallest absolute Gasteiger partial charge is 0.188 e. The third-order valence-corrected chi connectivity index (χ3v) is 7.66. The lowest BCUT2D eigenvalue weighted by atomic mass is 9.49. The van der Waals surface area contributed by atoms with Gasteiger partial charge in [0.2, 0.25) is 0 Å². The van der Waals surface area contributed by atoms with Crippen LogP contribution in [0.1, 0.15) is 77.0 Å². The minimum Gasteiger partial charge on any atom is -0.370 e. The lowest BCUT2D eigenvalue weighted by molar-refractivity contribution is -0.0465. The molecule has 0 spiro atoms. The van der Waals surface area contributed by atoms with Crippen molar-refractivity contribution >= 4 is 5.96 Å². The lowest BCUT2D eigenvalue weighted by Crippen LogP contribution is -2.48. The summed E-state index contributed by atoms with van der Waals surface area (Å²) in [5, 5.41) is 3.36. The monoisotopic (exact) mass is 360 g/mol. The fraction of sp³-hybridized carbons (Fsp3) is 0.955. The highest BCUT2D eigenvalue weighted by Crippen LogP contribution is 2.60. The summed E-state index contributed by atoms with van der Waals surface area (Å²) < 4.78 is 0. The van der Waals surface area contributed by atoms with E-state index in [0.29, 0.717) is 11.4 Å². The molecule has 0 atom stereocenters. The zero-order valence-electron chi connectivity index (χ0n) is 16.7. The number of hydrogen-bond donors (Lipinski definition) is 2. The van der Waals surface area contributed by atoms with Gasteiger partial charge in [-0.15, -0.1) is 0 Å². The van der Waals surface area contributed by atoms with Crippen LogP contribution in [0.5, 0.6) is 0 Å². The van der Waals surface area contributed by atoms with Gasteiger partial charge in [0.05, 0.1) is 0 Å². The first-order valence-corrected chi connectivity index (χ1v) is 11.5. The van der Waals surface area contributed by atoms with E-state index in [1.54, 1.807) is 0 Å². The third kappa shape index (κ3) is 4.74. The first-order chi connectivity index (χ1) is 12.7. The van der Waals surface area contributed by atoms with Gasteiger partial charge in [-0.1, -0.05) is 12.8 Å². The van der Waals surface area contributed by atoms with E-state index in [2.05, 4.69) is 10.2 Å². The van der Waals surface area contributed by atoms with Crippen molar-refractivity contribution in [3.63, 3.8) is 0 Å². The van der Waals surface area contributed by atoms with Crippen molar-refractivity contribution < 1.29 is 0 Å². The topological polar surface area (TPSA) is 53.6 Å². The molecule has 0 aromatic carbocycles. The van der Waals surface area contributed by atoms with Crippen LogP contribution < -0.4 is 11.1 Å². The second-order valence-corrected chi connectivity index (χ2v) is 10.0. The van der Waals surface area contributed by atoms with Crippen molar-refractivity contribution in [2.24, 2.45) is 33.9 Å². The van der Waals surface area contributed by atoms with Gasteiger partial charge in [0.15, 0.2) is 5.96 Å². The Morgan fingerprint density at radius 3 is 2.19 bits per heavy atom. The molecule has 4 heteroatoms. The van der Waals surface area contributed by atoms with Gasteiger partial charge in [0.25, 0.3) is 0 Å². The SMILES string of the molecule is NC(=NCC12CC3CC(CC(C3)C1)C2)NCCCCCCN1CCCC1. The van der Waals surface area contributed by atoms with Crippen molar-refractivity contribution in [2.45, 2.75) is 77.0 Å². The molecule has 0 aromatic heterocycles. The standard InChI is InChI=1S/C22H40N4/c23-21(24-7-3-1-2-4-8-26-9-5-6-10-26)25-17-22-14-18-11-19(15-22)13-20(12-18)16-22/h18-20H,1-17H2,(H3,23,24,25). The second-order valence-electron chi connectivity index (χ2n) is 10.0. The molecule has 3 N–H and O–H groups in total. The minimum atomic E-state index is 0.511. The van der Waals surface area contributed by atoms with E-state index in [4.69, 9.17) is 10.7 Å². The number of rotatable bonds is 9. The molecule has 1 heterocycles. The van der Waals surface area contributed by atoms with Crippen LogP contribution in [0.4, 0.5) is 0 Å². The maximum Gasteiger partial charge on any atom is 0.188 e. The maximum absolute atomic E-state index is 6.16. The van der Waals surface area contributed by atoms with Gasteiger partial charge >= 0.3 is 0 Å². The number of unbranched alkanes of at least 4 members (excludes halogenated alkanes) is 3. The first-order valence-electron chi connectivity index (χ1n) is 11.5. The molecule has 4 saturated carbocycles. The number of guanidine groups is 1. The van der Waals surface area contributed by atoms with E-state index < -0.39 is 0 Å². The van der Waals surface area contributed by atoms with Crippen LogP contribution in [0.2, 0.25) is 0 Å². The number of aliphatic imine (C=N–C) groups is 1. The molecule has 4 aliphatic carbocycles. The molecule has 5 fully saturated rings. The molecular weight excluding hydrogens is 320 g/mol. The summed E-state index contributed by atoms with van der Waals surface area (Å²) in [5.41, 5.74) is 6.67. The molecule has 0 radical (unpaired) electrons. The number of nitrogens with two attached hydrogens (primary N) is 1. The summed E-state index contributed by atoms with van der Waals surface area (Å²) in [4.78, 5) is 7.40. The highest BCUT2D eigenvalue weighted by atomic mass is 15.1. The second kappa shape index (κ2) is 8.50. The number of likely N-dealkylation sites (tertiary alicyclic amines) is 1. The molecule has 0 unspecified atom stereocenters. The Balaban J connectivity index is 1.08. The lowest BCUT2D eigenvalue weighted by Gasteiger charge is -2.56. The van der Waals surface area contributed by atoms with Gasteiger partial charge in [-0.2, -0.15) is 0 Å². The molecule has 4 bridgehead atoms. The molecule has 148 valence electrons. The van der Waals surface area contributed by atoms with Crippen LogP contribution in [-0.4, -0.2) is 43.6 Å². The van der Waals surface area contributed by atoms with E-state index >= 15 is 0 Å². The van der Waals surface area contributed by atoms with Crippen molar-refractivity contribution in [2.75, 3.05) is 32.7 Å². The van der Waals surface area contributed by atoms with Crippen LogP contribution in [0.25, 0.3) is 0 Å². The summed E-state index contributed by atoms with van der Waals surface area (Å²) in [5.74, 6) is 3.71. The largest absolute Gasteiger partial charge is 0.370 e. The zero-order chi connectivity index (χ0) is 17.8. The van der Waals surface area contributed by atoms with Crippen molar-refractivity contribution in [3.05, 3.63) is 0 Å². The molecule has 5 rings (SSSR count). The third-order valence-electron chi connectivity index (χ3n) is 7.66. The number of nitrogens with one attached hydrogen (secondary N) is 1. The fourth-order valence-corrected chi connectivity index (χ4v) is 6.83. The normalized spacial score (nSPS) is 36.8. The van der Waals surface area contributed by atoms with E-state index in [1.807, 2.05) is 0 Å². The Hall–Kier alpha value is -0.770. The Morgan fingerprint density at radius 2 is 1.54 bits per heavy atom. The van der Waals surface area contributed by atoms with Gasteiger partial charge in [-0.3, -0.25) is 4.99 Å². The Bertz CT molecular complexity index is 445. The molecule has 0 amide bonds. The summed E-state index contributed by atoms with van der Waals surface area (Å²) >= 11 is 0. The molecule has 4 nitrogen and oxygen atoms in total. The predicted molar refractivity (Wildman–Crippen MR) is 109 cm³/mol. The average molecular weight is 361 g/mol. The van der Waals surface area contributed by atoms with Crippen LogP contribution >= 0.6 is 0 Å². The Morgan fingerprint density at radius 1 is 0.923 bits per heavy atom. The maximum atomic E-state index is 6.16. The van der Waals surface area contributed by atoms with E-state index in [0.717, 1.165) is 30.8 Å². The van der Waals surface area contributed by atoms with Crippen molar-refractivity contribution in [1.29, 1.82) is 0 Å². The van der Waals surface area contributed by atoms with Crippen molar-refractivity contribution in [1.82, 2.24) is 10.2 Å². The van der Waals surface area contributed by atoms with Gasteiger partial charge in [0.1, 0.15) is 0 Å². The predicted octanol–water partition coefficient (Wildman–Crippen LogP) is 3.76. The average Bonchev–Trinajstić information content (AvgIpc) is 3.11. The zero-order valence-corrected chi connectivity index (χ0v) is 16.7. The quantitative estimate of drug-likeness (QED) is 0.374. The van der Waals surface area contributed by atoms with Crippen LogP contribution in [0, 0.1) is 23.2 Å². The van der Waals surface area contributed by atoms with E-state index in [-0.39, 0.29) is 0 Å². The summed E-state index contributed by atoms with van der Waals surface area (Å²) in [6.45, 7) is 5.93. The van der Waals surface area contributed by atoms with Gasteiger partial charge < -0.3 is 16.0 Å². The van der Waals surface area contributed by atoms with Crippen LogP contribution in [0.3, 0.4) is 0 Å². The highest BCUT2D eigenvalue weighted by molar-refractivity contribution is 5.77. The molecule has 1 saturated heterocycles. The first kappa shape index (κ1) is 18.6. The Labute approximate surface area is 160 Å². The van der Waals surface area contributed by atoms with E-state index in [9.17, 15) is 0 Å². The van der Waals surface area contributed by atoms with E-state index in [1.165, 1.54) is 96.7 Å². The van der Waals surface area contributed by atoms with Crippen LogP contribution in [0.15, 0.2) is 4.99 Å². The van der Waals surface area contributed by atoms with Crippen LogP contribution in [-0.2, 0) is 0 Å². The van der Waals surface area contributed by atoms with Gasteiger partial charge in [0, 0.05) is 13.1 Å². The number of hydrogen-bond acceptors (Lipinski definition) is 2. The molecule has 26 heavy (non-hydrogen) atoms. The summed E-state index contributed by atoms with van der Waals surface area (Å²) in [6.07, 6.45) is 16.8. The molecule has 5 aliphatic rings. The fourth-order valence-electron chi connectivity index (χ4n) is 6.83. The Kier molecular flexibility index (Phi) is 6.07. The molecular formula is C22H40N4. The molecule has 0 aromatic rings. The molecule has 1 aliphatic heterocycles. The van der Waals surface area contributed by atoms with Gasteiger partial charge in [-0.25, -0.2) is 0 Å². The van der Waals surface area contributed by atoms with Gasteiger partial charge in [-0.05, 0) is 107 Å². The van der Waals surface area contributed by atoms with Crippen molar-refractivity contribution in [3.8, 4) is 0 Å².